The van der Waals surface area contributed by atoms with Gasteiger partial charge in [0.05, 0.1) is 5.75 Å². The van der Waals surface area contributed by atoms with Crippen LogP contribution in [0.15, 0.2) is 0 Å². The van der Waals surface area contributed by atoms with Crippen LogP contribution in [0.2, 0.25) is 0 Å². The minimum absolute atomic E-state index is 0.419. The first kappa shape index (κ1) is 17.2. The summed E-state index contributed by atoms with van der Waals surface area (Å²) in [6.45, 7) is 0.882. The molecule has 1 heterocycles. The van der Waals surface area contributed by atoms with Crippen molar-refractivity contribution < 1.29 is 26.3 Å². The first-order chi connectivity index (χ1) is 8.68. The van der Waals surface area contributed by atoms with Crippen LogP contribution in [-0.2, 0) is 14.8 Å². The summed E-state index contributed by atoms with van der Waals surface area (Å²) in [6.07, 6.45) is -4.80. The van der Waals surface area contributed by atoms with Gasteiger partial charge >= 0.3 is 6.18 Å². The Kier molecular flexibility index (Phi) is 6.09. The van der Waals surface area contributed by atoms with E-state index in [0.717, 1.165) is 0 Å². The second-order valence-electron chi connectivity index (χ2n) is 4.67. The van der Waals surface area contributed by atoms with Gasteiger partial charge in [0.15, 0.2) is 0 Å². The monoisotopic (exact) mass is 367 g/mol. The van der Waals surface area contributed by atoms with Crippen molar-refractivity contribution in [3.63, 3.8) is 0 Å². The third kappa shape index (κ3) is 6.42. The second kappa shape index (κ2) is 6.73. The van der Waals surface area contributed by atoms with Crippen LogP contribution in [0.5, 0.6) is 0 Å². The fourth-order valence-electron chi connectivity index (χ4n) is 1.87. The molecule has 0 aliphatic carbocycles. The molecular weight excluding hydrogens is 351 g/mol. The molecule has 0 bridgehead atoms. The van der Waals surface area contributed by atoms with Gasteiger partial charge in [0.25, 0.3) is 0 Å². The Bertz CT molecular complexity index is 380. The van der Waals surface area contributed by atoms with Gasteiger partial charge in [-0.05, 0) is 19.3 Å². The average Bonchev–Trinajstić information content (AvgIpc) is 2.27. The van der Waals surface area contributed by atoms with Crippen molar-refractivity contribution >= 4 is 26.0 Å². The van der Waals surface area contributed by atoms with E-state index in [0.29, 0.717) is 31.4 Å². The highest BCUT2D eigenvalue weighted by molar-refractivity contribution is 9.09. The quantitative estimate of drug-likeness (QED) is 0.732. The topological polar surface area (TPSA) is 55.4 Å². The number of halogens is 4. The van der Waals surface area contributed by atoms with Crippen molar-refractivity contribution in [3.05, 3.63) is 0 Å². The molecule has 0 spiro atoms. The van der Waals surface area contributed by atoms with E-state index in [9.17, 15) is 21.6 Å². The van der Waals surface area contributed by atoms with Gasteiger partial charge in [0, 0.05) is 30.5 Å². The molecule has 9 heteroatoms. The van der Waals surface area contributed by atoms with Crippen molar-refractivity contribution in [1.29, 1.82) is 0 Å². The van der Waals surface area contributed by atoms with E-state index in [1.165, 1.54) is 0 Å². The van der Waals surface area contributed by atoms with Crippen LogP contribution >= 0.6 is 15.9 Å². The molecule has 0 unspecified atom stereocenters. The Morgan fingerprint density at radius 2 is 1.84 bits per heavy atom. The van der Waals surface area contributed by atoms with Crippen molar-refractivity contribution in [1.82, 2.24) is 4.72 Å². The molecule has 19 heavy (non-hydrogen) atoms. The maximum atomic E-state index is 12.0. The number of ether oxygens (including phenoxy) is 1. The van der Waals surface area contributed by atoms with Crippen LogP contribution in [-0.4, -0.2) is 44.4 Å². The number of alkyl halides is 4. The fourth-order valence-corrected chi connectivity index (χ4v) is 4.32. The number of nitrogens with one attached hydrogen (secondary N) is 1. The molecule has 4 nitrogen and oxygen atoms in total. The molecule has 1 aliphatic heterocycles. The lowest BCUT2D eigenvalue weighted by Gasteiger charge is -2.36. The van der Waals surface area contributed by atoms with Gasteiger partial charge in [-0.15, -0.1) is 0 Å². The zero-order valence-corrected chi connectivity index (χ0v) is 12.7. The molecule has 1 fully saturated rings. The minimum Gasteiger partial charge on any atom is -0.381 e. The van der Waals surface area contributed by atoms with Gasteiger partial charge in [0.2, 0.25) is 10.0 Å². The molecule has 1 rings (SSSR count). The SMILES string of the molecule is O=S(=O)(CCCC(F)(F)F)NC1(CBr)CCOCC1. The lowest BCUT2D eigenvalue weighted by Crippen LogP contribution is -2.53. The largest absolute Gasteiger partial charge is 0.389 e. The molecule has 0 atom stereocenters. The summed E-state index contributed by atoms with van der Waals surface area (Å²) in [4.78, 5) is 0. The van der Waals surface area contributed by atoms with Gasteiger partial charge < -0.3 is 4.74 Å². The molecule has 1 aliphatic rings. The first-order valence-corrected chi connectivity index (χ1v) is 8.68. The van der Waals surface area contributed by atoms with Crippen LogP contribution in [0.4, 0.5) is 13.2 Å². The third-order valence-corrected chi connectivity index (χ3v) is 5.59. The summed E-state index contributed by atoms with van der Waals surface area (Å²) < 4.78 is 67.3. The van der Waals surface area contributed by atoms with Crippen LogP contribution < -0.4 is 4.72 Å². The predicted molar refractivity (Wildman–Crippen MR) is 68.8 cm³/mol. The molecule has 0 amide bonds. The van der Waals surface area contributed by atoms with Crippen LogP contribution in [0.3, 0.4) is 0 Å². The van der Waals surface area contributed by atoms with E-state index in [1.54, 1.807) is 0 Å². The second-order valence-corrected chi connectivity index (χ2v) is 7.07. The van der Waals surface area contributed by atoms with Crippen molar-refractivity contribution in [2.45, 2.75) is 37.4 Å². The van der Waals surface area contributed by atoms with E-state index >= 15 is 0 Å². The third-order valence-electron chi connectivity index (χ3n) is 2.95. The van der Waals surface area contributed by atoms with E-state index in [-0.39, 0.29) is 0 Å². The molecule has 0 aromatic rings. The van der Waals surface area contributed by atoms with Crippen molar-refractivity contribution in [3.8, 4) is 0 Å². The van der Waals surface area contributed by atoms with Crippen molar-refractivity contribution in [2.75, 3.05) is 24.3 Å². The van der Waals surface area contributed by atoms with E-state index < -0.39 is 40.3 Å². The number of rotatable bonds is 6. The van der Waals surface area contributed by atoms with Crippen LogP contribution in [0, 0.1) is 0 Å². The van der Waals surface area contributed by atoms with Gasteiger partial charge in [0.1, 0.15) is 0 Å². The minimum atomic E-state index is -4.32. The molecule has 114 valence electrons. The molecule has 0 aromatic carbocycles. The Morgan fingerprint density at radius 3 is 2.32 bits per heavy atom. The summed E-state index contributed by atoms with van der Waals surface area (Å²) in [5, 5.41) is 0.419. The van der Waals surface area contributed by atoms with Crippen molar-refractivity contribution in [2.24, 2.45) is 0 Å². The predicted octanol–water partition coefficient (Wildman–Crippen LogP) is 2.19. The molecule has 0 aromatic heterocycles. The average molecular weight is 368 g/mol. The zero-order valence-electron chi connectivity index (χ0n) is 10.3. The first-order valence-electron chi connectivity index (χ1n) is 5.90. The molecular formula is C10H17BrF3NO3S. The standard InChI is InChI=1S/C10H17BrF3NO3S/c11-8-9(3-5-18-6-4-9)15-19(16,17)7-1-2-10(12,13)14/h15H,1-8H2. The smallest absolute Gasteiger partial charge is 0.381 e. The van der Waals surface area contributed by atoms with E-state index in [1.807, 2.05) is 0 Å². The molecule has 1 N–H and O–H groups in total. The molecule has 1 saturated heterocycles. The van der Waals surface area contributed by atoms with Gasteiger partial charge in [-0.25, -0.2) is 13.1 Å². The lowest BCUT2D eigenvalue weighted by atomic mass is 9.94. The number of sulfonamides is 1. The van der Waals surface area contributed by atoms with Gasteiger partial charge in [-0.3, -0.25) is 0 Å². The van der Waals surface area contributed by atoms with Gasteiger partial charge in [-0.1, -0.05) is 15.9 Å². The Balaban J connectivity index is 2.52. The number of hydrogen-bond donors (Lipinski definition) is 1. The highest BCUT2D eigenvalue weighted by atomic mass is 79.9. The fraction of sp³-hybridized carbons (Fsp3) is 1.00. The summed E-state index contributed by atoms with van der Waals surface area (Å²) in [5.41, 5.74) is -0.644. The maximum Gasteiger partial charge on any atom is 0.389 e. The van der Waals surface area contributed by atoms with Crippen LogP contribution in [0.1, 0.15) is 25.7 Å². The summed E-state index contributed by atoms with van der Waals surface area (Å²) in [5.74, 6) is -0.512. The highest BCUT2D eigenvalue weighted by Gasteiger charge is 2.36. The molecule has 0 radical (unpaired) electrons. The zero-order chi connectivity index (χ0) is 14.6. The van der Waals surface area contributed by atoms with E-state index in [4.69, 9.17) is 4.74 Å². The number of hydrogen-bond acceptors (Lipinski definition) is 3. The van der Waals surface area contributed by atoms with E-state index in [2.05, 4.69) is 20.7 Å². The normalized spacial score (nSPS) is 20.4. The highest BCUT2D eigenvalue weighted by Crippen LogP contribution is 2.25. The Morgan fingerprint density at radius 1 is 1.26 bits per heavy atom. The Labute approximate surface area is 119 Å². The lowest BCUT2D eigenvalue weighted by molar-refractivity contribution is -0.134. The van der Waals surface area contributed by atoms with Crippen LogP contribution in [0.25, 0.3) is 0 Å². The Hall–Kier alpha value is 0.140. The van der Waals surface area contributed by atoms with Gasteiger partial charge in [-0.2, -0.15) is 13.2 Å². The summed E-state index contributed by atoms with van der Waals surface area (Å²) in [7, 11) is -3.71. The maximum absolute atomic E-state index is 12.0. The summed E-state index contributed by atoms with van der Waals surface area (Å²) in [6, 6.07) is 0. The summed E-state index contributed by atoms with van der Waals surface area (Å²) >= 11 is 3.26. The molecule has 0 saturated carbocycles.